The molecule has 0 aliphatic rings. The van der Waals surface area contributed by atoms with Crippen molar-refractivity contribution in [2.24, 2.45) is 11.3 Å². The number of rotatable bonds is 6. The Bertz CT molecular complexity index is 167. The third-order valence-corrected chi connectivity index (χ3v) is 3.55. The fourth-order valence-corrected chi connectivity index (χ4v) is 2.16. The van der Waals surface area contributed by atoms with Crippen molar-refractivity contribution >= 4 is 12.6 Å². The maximum absolute atomic E-state index is 5.16. The van der Waals surface area contributed by atoms with E-state index in [9.17, 15) is 0 Å². The highest BCUT2D eigenvalue weighted by atomic mass is 32.1. The molecule has 3 heteroatoms. The van der Waals surface area contributed by atoms with Crippen LogP contribution >= 0.6 is 12.6 Å². The van der Waals surface area contributed by atoms with Gasteiger partial charge >= 0.3 is 0 Å². The van der Waals surface area contributed by atoms with Crippen molar-refractivity contribution in [2.75, 3.05) is 33.1 Å². The number of nitrogens with zero attached hydrogens (tertiary/aromatic N) is 1. The summed E-state index contributed by atoms with van der Waals surface area (Å²) in [4.78, 5) is 2.36. The predicted molar refractivity (Wildman–Crippen MR) is 70.8 cm³/mol. The molecule has 0 bridgehead atoms. The molecule has 0 spiro atoms. The Morgan fingerprint density at radius 1 is 1.33 bits per heavy atom. The standard InChI is InChI=1S/C12H27NOS/c1-10(8-14-6)13(5)7-11(9-15)12(2,3)4/h10-11,15H,7-9H2,1-6H3. The van der Waals surface area contributed by atoms with Crippen LogP contribution in [0.2, 0.25) is 0 Å². The zero-order valence-electron chi connectivity index (χ0n) is 11.1. The first-order valence-electron chi connectivity index (χ1n) is 5.63. The summed E-state index contributed by atoms with van der Waals surface area (Å²) in [5.41, 5.74) is 0.322. The van der Waals surface area contributed by atoms with Gasteiger partial charge in [-0.2, -0.15) is 12.6 Å². The lowest BCUT2D eigenvalue weighted by atomic mass is 9.81. The SMILES string of the molecule is COCC(C)N(C)CC(CS)C(C)(C)C. The molecule has 0 aromatic rings. The van der Waals surface area contributed by atoms with Crippen LogP contribution in [0.3, 0.4) is 0 Å². The summed E-state index contributed by atoms with van der Waals surface area (Å²) in [5.74, 6) is 1.55. The second kappa shape index (κ2) is 6.77. The molecule has 0 amide bonds. The van der Waals surface area contributed by atoms with Gasteiger partial charge in [-0.1, -0.05) is 20.8 Å². The Kier molecular flexibility index (Phi) is 6.89. The van der Waals surface area contributed by atoms with E-state index in [0.29, 0.717) is 17.4 Å². The van der Waals surface area contributed by atoms with Crippen LogP contribution in [-0.4, -0.2) is 44.0 Å². The van der Waals surface area contributed by atoms with Crippen molar-refractivity contribution in [1.29, 1.82) is 0 Å². The maximum atomic E-state index is 5.16. The normalized spacial score (nSPS) is 16.8. The van der Waals surface area contributed by atoms with Crippen LogP contribution in [0, 0.1) is 11.3 Å². The second-order valence-electron chi connectivity index (χ2n) is 5.49. The molecule has 0 N–H and O–H groups in total. The van der Waals surface area contributed by atoms with Crippen molar-refractivity contribution in [3.05, 3.63) is 0 Å². The molecule has 2 atom stereocenters. The summed E-state index contributed by atoms with van der Waals surface area (Å²) in [5, 5.41) is 0. The van der Waals surface area contributed by atoms with E-state index in [4.69, 9.17) is 4.74 Å². The van der Waals surface area contributed by atoms with E-state index in [0.717, 1.165) is 18.9 Å². The number of hydrogen-bond donors (Lipinski definition) is 1. The molecule has 2 unspecified atom stereocenters. The number of hydrogen-bond acceptors (Lipinski definition) is 3. The van der Waals surface area contributed by atoms with Crippen LogP contribution in [-0.2, 0) is 4.74 Å². The van der Waals surface area contributed by atoms with Crippen molar-refractivity contribution in [2.45, 2.75) is 33.7 Å². The minimum atomic E-state index is 0.322. The molecule has 0 aliphatic carbocycles. The van der Waals surface area contributed by atoms with Gasteiger partial charge in [0, 0.05) is 19.7 Å². The highest BCUT2D eigenvalue weighted by molar-refractivity contribution is 7.80. The fourth-order valence-electron chi connectivity index (χ4n) is 1.50. The van der Waals surface area contributed by atoms with Gasteiger partial charge in [0.15, 0.2) is 0 Å². The fraction of sp³-hybridized carbons (Fsp3) is 1.00. The van der Waals surface area contributed by atoms with E-state index in [1.807, 2.05) is 0 Å². The van der Waals surface area contributed by atoms with E-state index in [1.54, 1.807) is 7.11 Å². The van der Waals surface area contributed by atoms with Crippen LogP contribution in [0.1, 0.15) is 27.7 Å². The Morgan fingerprint density at radius 3 is 2.20 bits per heavy atom. The van der Waals surface area contributed by atoms with Gasteiger partial charge in [0.05, 0.1) is 6.61 Å². The van der Waals surface area contributed by atoms with Gasteiger partial charge in [0.1, 0.15) is 0 Å². The smallest absolute Gasteiger partial charge is 0.0615 e. The zero-order valence-corrected chi connectivity index (χ0v) is 12.0. The van der Waals surface area contributed by atoms with Crippen LogP contribution in [0.5, 0.6) is 0 Å². The number of methoxy groups -OCH3 is 1. The van der Waals surface area contributed by atoms with E-state index in [2.05, 4.69) is 52.3 Å². The highest BCUT2D eigenvalue weighted by Gasteiger charge is 2.25. The molecule has 15 heavy (non-hydrogen) atoms. The van der Waals surface area contributed by atoms with Crippen LogP contribution in [0.4, 0.5) is 0 Å². The van der Waals surface area contributed by atoms with Gasteiger partial charge in [0.25, 0.3) is 0 Å². The topological polar surface area (TPSA) is 12.5 Å². The molecule has 0 saturated carbocycles. The van der Waals surface area contributed by atoms with E-state index in [1.165, 1.54) is 0 Å². The van der Waals surface area contributed by atoms with Gasteiger partial charge < -0.3 is 9.64 Å². The van der Waals surface area contributed by atoms with Gasteiger partial charge in [-0.15, -0.1) is 0 Å². The summed E-state index contributed by atoms with van der Waals surface area (Å²) in [6, 6.07) is 0.472. The summed E-state index contributed by atoms with van der Waals surface area (Å²) >= 11 is 4.45. The first-order valence-corrected chi connectivity index (χ1v) is 6.26. The first-order chi connectivity index (χ1) is 6.82. The molecule has 0 aliphatic heterocycles. The monoisotopic (exact) mass is 233 g/mol. The van der Waals surface area contributed by atoms with Crippen LogP contribution in [0.15, 0.2) is 0 Å². The molecule has 0 saturated heterocycles. The van der Waals surface area contributed by atoms with Gasteiger partial charge in [-0.25, -0.2) is 0 Å². The van der Waals surface area contributed by atoms with E-state index in [-0.39, 0.29) is 0 Å². The minimum absolute atomic E-state index is 0.322. The minimum Gasteiger partial charge on any atom is -0.383 e. The Hall–Kier alpha value is 0.270. The predicted octanol–water partition coefficient (Wildman–Crippen LogP) is 2.55. The lowest BCUT2D eigenvalue weighted by Gasteiger charge is -2.35. The largest absolute Gasteiger partial charge is 0.383 e. The van der Waals surface area contributed by atoms with Crippen molar-refractivity contribution < 1.29 is 4.74 Å². The molecule has 0 aromatic carbocycles. The average Bonchev–Trinajstić information content (AvgIpc) is 2.12. The molecule has 0 radical (unpaired) electrons. The van der Waals surface area contributed by atoms with Crippen molar-refractivity contribution in [3.8, 4) is 0 Å². The molecular weight excluding hydrogens is 206 g/mol. The summed E-state index contributed by atoms with van der Waals surface area (Å²) in [7, 11) is 3.91. The molecule has 2 nitrogen and oxygen atoms in total. The summed E-state index contributed by atoms with van der Waals surface area (Å²) in [6.45, 7) is 10.9. The van der Waals surface area contributed by atoms with Crippen LogP contribution < -0.4 is 0 Å². The van der Waals surface area contributed by atoms with Crippen LogP contribution in [0.25, 0.3) is 0 Å². The quantitative estimate of drug-likeness (QED) is 0.708. The zero-order chi connectivity index (χ0) is 12.1. The first kappa shape index (κ1) is 15.3. The molecule has 0 aromatic heterocycles. The maximum Gasteiger partial charge on any atom is 0.0615 e. The second-order valence-corrected chi connectivity index (χ2v) is 5.85. The van der Waals surface area contributed by atoms with Gasteiger partial charge in [-0.05, 0) is 31.1 Å². The van der Waals surface area contributed by atoms with Gasteiger partial charge in [0.2, 0.25) is 0 Å². The molecule has 0 rings (SSSR count). The molecule has 0 heterocycles. The van der Waals surface area contributed by atoms with E-state index < -0.39 is 0 Å². The average molecular weight is 233 g/mol. The molecule has 92 valence electrons. The number of thiol groups is 1. The third kappa shape index (κ3) is 5.79. The van der Waals surface area contributed by atoms with Gasteiger partial charge in [-0.3, -0.25) is 0 Å². The Labute approximate surface area is 101 Å². The van der Waals surface area contributed by atoms with Crippen molar-refractivity contribution in [1.82, 2.24) is 4.90 Å². The number of likely N-dealkylation sites (N-methyl/N-ethyl adjacent to an activating group) is 1. The lowest BCUT2D eigenvalue weighted by molar-refractivity contribution is 0.0909. The summed E-state index contributed by atoms with van der Waals surface area (Å²) in [6.07, 6.45) is 0. The Morgan fingerprint density at radius 2 is 1.87 bits per heavy atom. The molecule has 0 fully saturated rings. The lowest BCUT2D eigenvalue weighted by Crippen LogP contribution is -2.40. The number of ether oxygens (including phenoxy) is 1. The highest BCUT2D eigenvalue weighted by Crippen LogP contribution is 2.27. The Balaban J connectivity index is 4.18. The summed E-state index contributed by atoms with van der Waals surface area (Å²) < 4.78 is 5.16. The molecular formula is C12H27NOS. The van der Waals surface area contributed by atoms with E-state index >= 15 is 0 Å². The van der Waals surface area contributed by atoms with Crippen molar-refractivity contribution in [3.63, 3.8) is 0 Å². The third-order valence-electron chi connectivity index (χ3n) is 3.11.